The number of para-hydroxylation sites is 2. The zero-order valence-corrected chi connectivity index (χ0v) is 14.5. The third-order valence-corrected chi connectivity index (χ3v) is 4.11. The van der Waals surface area contributed by atoms with Gasteiger partial charge in [-0.2, -0.15) is 0 Å². The summed E-state index contributed by atoms with van der Waals surface area (Å²) in [6.45, 7) is 5.33. The number of hydrogen-bond donors (Lipinski definition) is 2. The first-order valence-electron chi connectivity index (χ1n) is 8.49. The minimum absolute atomic E-state index is 0.0198. The summed E-state index contributed by atoms with van der Waals surface area (Å²) in [5.74, 6) is 0.629. The van der Waals surface area contributed by atoms with Gasteiger partial charge in [0.25, 0.3) is 5.91 Å². The van der Waals surface area contributed by atoms with Crippen molar-refractivity contribution in [2.24, 2.45) is 0 Å². The average Bonchev–Trinajstić information content (AvgIpc) is 2.67. The van der Waals surface area contributed by atoms with Crippen LogP contribution in [0.25, 0.3) is 10.9 Å². The number of fused-ring (bicyclic) bond motifs is 1. The van der Waals surface area contributed by atoms with E-state index in [0.717, 1.165) is 16.6 Å². The molecule has 0 saturated heterocycles. The molecule has 0 radical (unpaired) electrons. The van der Waals surface area contributed by atoms with Crippen molar-refractivity contribution >= 4 is 28.3 Å². The van der Waals surface area contributed by atoms with Crippen LogP contribution >= 0.6 is 0 Å². The predicted octanol–water partition coefficient (Wildman–Crippen LogP) is 4.16. The summed E-state index contributed by atoms with van der Waals surface area (Å²) in [6.07, 6.45) is 0. The number of anilines is 2. The Bertz CT molecular complexity index is 860. The number of rotatable bonds is 6. The molecular weight excluding hydrogens is 312 g/mol. The molecule has 0 unspecified atom stereocenters. The van der Waals surface area contributed by atoms with Gasteiger partial charge < -0.3 is 4.90 Å². The van der Waals surface area contributed by atoms with Crippen molar-refractivity contribution in [3.63, 3.8) is 0 Å². The lowest BCUT2D eigenvalue weighted by Gasteiger charge is -2.20. The Morgan fingerprint density at radius 3 is 2.36 bits per heavy atom. The lowest BCUT2D eigenvalue weighted by Crippen LogP contribution is -2.30. The lowest BCUT2D eigenvalue weighted by molar-refractivity contribution is 0.0775. The smallest absolute Gasteiger partial charge is 0.254 e. The first kappa shape index (κ1) is 16.8. The Labute approximate surface area is 147 Å². The maximum absolute atomic E-state index is 12.9. The number of carbonyl (C=O) groups excluding carboxylic acids is 1. The number of hydrazine groups is 1. The van der Waals surface area contributed by atoms with E-state index in [9.17, 15) is 4.79 Å². The van der Waals surface area contributed by atoms with Gasteiger partial charge in [0.05, 0.1) is 16.8 Å². The monoisotopic (exact) mass is 334 g/mol. The largest absolute Gasteiger partial charge is 0.339 e. The minimum Gasteiger partial charge on any atom is -0.339 e. The van der Waals surface area contributed by atoms with Crippen molar-refractivity contribution in [2.75, 3.05) is 23.9 Å². The number of nitrogens with zero attached hydrogens (tertiary/aromatic N) is 2. The van der Waals surface area contributed by atoms with Crippen LogP contribution in [0.2, 0.25) is 0 Å². The zero-order chi connectivity index (χ0) is 17.6. The van der Waals surface area contributed by atoms with Gasteiger partial charge in [0.2, 0.25) is 0 Å². The van der Waals surface area contributed by atoms with Crippen LogP contribution in [-0.2, 0) is 0 Å². The fraction of sp³-hybridized carbons (Fsp3) is 0.200. The van der Waals surface area contributed by atoms with Crippen LogP contribution in [-0.4, -0.2) is 28.9 Å². The molecule has 25 heavy (non-hydrogen) atoms. The van der Waals surface area contributed by atoms with Crippen molar-refractivity contribution in [1.82, 2.24) is 9.88 Å². The van der Waals surface area contributed by atoms with E-state index in [-0.39, 0.29) is 5.91 Å². The third kappa shape index (κ3) is 3.71. The highest BCUT2D eigenvalue weighted by atomic mass is 16.2. The maximum Gasteiger partial charge on any atom is 0.254 e. The predicted molar refractivity (Wildman–Crippen MR) is 103 cm³/mol. The summed E-state index contributed by atoms with van der Waals surface area (Å²) < 4.78 is 0. The van der Waals surface area contributed by atoms with E-state index >= 15 is 0 Å². The molecule has 1 amide bonds. The van der Waals surface area contributed by atoms with Crippen LogP contribution in [0.15, 0.2) is 60.7 Å². The van der Waals surface area contributed by atoms with E-state index in [1.165, 1.54) is 0 Å². The standard InChI is InChI=1S/C20H22N4O/c1-3-24(4-2)20(25)17-14-19(21-18-13-9-8-12-16(17)18)23-22-15-10-6-5-7-11-15/h5-14,22H,3-4H2,1-2H3,(H,21,23). The van der Waals surface area contributed by atoms with E-state index < -0.39 is 0 Å². The van der Waals surface area contributed by atoms with E-state index in [1.807, 2.05) is 73.3 Å². The molecule has 0 atom stereocenters. The molecular formula is C20H22N4O. The van der Waals surface area contributed by atoms with Gasteiger partial charge in [0, 0.05) is 18.5 Å². The van der Waals surface area contributed by atoms with Gasteiger partial charge in [-0.1, -0.05) is 36.4 Å². The topological polar surface area (TPSA) is 57.3 Å². The van der Waals surface area contributed by atoms with Gasteiger partial charge in [-0.05, 0) is 38.1 Å². The highest BCUT2D eigenvalue weighted by molar-refractivity contribution is 6.07. The Hall–Kier alpha value is -3.08. The molecule has 0 bridgehead atoms. The van der Waals surface area contributed by atoms with Crippen molar-refractivity contribution in [3.05, 3.63) is 66.2 Å². The minimum atomic E-state index is 0.0198. The van der Waals surface area contributed by atoms with Crippen LogP contribution in [0.5, 0.6) is 0 Å². The Balaban J connectivity index is 1.96. The average molecular weight is 334 g/mol. The van der Waals surface area contributed by atoms with E-state index in [1.54, 1.807) is 6.07 Å². The highest BCUT2D eigenvalue weighted by Crippen LogP contribution is 2.22. The Morgan fingerprint density at radius 2 is 1.64 bits per heavy atom. The Morgan fingerprint density at radius 1 is 0.960 bits per heavy atom. The number of carbonyl (C=O) groups is 1. The molecule has 3 aromatic rings. The van der Waals surface area contributed by atoms with Crippen LogP contribution in [0.1, 0.15) is 24.2 Å². The summed E-state index contributed by atoms with van der Waals surface area (Å²) in [4.78, 5) is 19.3. The zero-order valence-electron chi connectivity index (χ0n) is 14.5. The van der Waals surface area contributed by atoms with E-state index in [0.29, 0.717) is 24.5 Å². The molecule has 0 saturated carbocycles. The van der Waals surface area contributed by atoms with Crippen molar-refractivity contribution < 1.29 is 4.79 Å². The summed E-state index contributed by atoms with van der Waals surface area (Å²) in [7, 11) is 0. The number of hydrogen-bond acceptors (Lipinski definition) is 4. The summed E-state index contributed by atoms with van der Waals surface area (Å²) in [5.41, 5.74) is 8.58. The van der Waals surface area contributed by atoms with Crippen LogP contribution in [0, 0.1) is 0 Å². The van der Waals surface area contributed by atoms with Crippen LogP contribution in [0.3, 0.4) is 0 Å². The molecule has 5 heteroatoms. The number of amides is 1. The number of aromatic nitrogens is 1. The molecule has 2 aromatic carbocycles. The second kappa shape index (κ2) is 7.66. The van der Waals surface area contributed by atoms with Crippen molar-refractivity contribution in [1.29, 1.82) is 0 Å². The molecule has 5 nitrogen and oxygen atoms in total. The molecule has 0 aliphatic rings. The Kier molecular flexibility index (Phi) is 5.14. The SMILES string of the molecule is CCN(CC)C(=O)c1cc(NNc2ccccc2)nc2ccccc12. The fourth-order valence-corrected chi connectivity index (χ4v) is 2.76. The number of nitrogens with one attached hydrogen (secondary N) is 2. The van der Waals surface area contributed by atoms with Gasteiger partial charge in [0.15, 0.2) is 0 Å². The molecule has 128 valence electrons. The highest BCUT2D eigenvalue weighted by Gasteiger charge is 2.17. The third-order valence-electron chi connectivity index (χ3n) is 4.11. The molecule has 0 spiro atoms. The number of pyridine rings is 1. The molecule has 0 fully saturated rings. The van der Waals surface area contributed by atoms with Crippen LogP contribution in [0.4, 0.5) is 11.5 Å². The van der Waals surface area contributed by atoms with E-state index in [4.69, 9.17) is 0 Å². The second-order valence-electron chi connectivity index (χ2n) is 5.67. The maximum atomic E-state index is 12.9. The fourth-order valence-electron chi connectivity index (χ4n) is 2.76. The summed E-state index contributed by atoms with van der Waals surface area (Å²) in [5, 5.41) is 0.865. The van der Waals surface area contributed by atoms with Gasteiger partial charge >= 0.3 is 0 Å². The van der Waals surface area contributed by atoms with Crippen molar-refractivity contribution in [2.45, 2.75) is 13.8 Å². The molecule has 1 heterocycles. The van der Waals surface area contributed by atoms with Crippen molar-refractivity contribution in [3.8, 4) is 0 Å². The van der Waals surface area contributed by atoms with Gasteiger partial charge in [-0.15, -0.1) is 0 Å². The molecule has 0 aliphatic carbocycles. The molecule has 0 aliphatic heterocycles. The summed E-state index contributed by atoms with van der Waals surface area (Å²) in [6, 6.07) is 19.3. The van der Waals surface area contributed by atoms with Gasteiger partial charge in [0.1, 0.15) is 5.82 Å². The lowest BCUT2D eigenvalue weighted by atomic mass is 10.1. The second-order valence-corrected chi connectivity index (χ2v) is 5.67. The molecule has 2 N–H and O–H groups in total. The van der Waals surface area contributed by atoms with Gasteiger partial charge in [-0.25, -0.2) is 4.98 Å². The quantitative estimate of drug-likeness (QED) is 0.665. The summed E-state index contributed by atoms with van der Waals surface area (Å²) >= 11 is 0. The number of benzene rings is 2. The first-order valence-corrected chi connectivity index (χ1v) is 8.49. The molecule has 1 aromatic heterocycles. The normalized spacial score (nSPS) is 10.5. The molecule has 3 rings (SSSR count). The first-order chi connectivity index (χ1) is 12.2. The van der Waals surface area contributed by atoms with Gasteiger partial charge in [-0.3, -0.25) is 15.6 Å². The van der Waals surface area contributed by atoms with Crippen LogP contribution < -0.4 is 10.9 Å². The van der Waals surface area contributed by atoms with E-state index in [2.05, 4.69) is 15.8 Å².